The van der Waals surface area contributed by atoms with Crippen LogP contribution in [0.25, 0.3) is 0 Å². The highest BCUT2D eigenvalue weighted by Gasteiger charge is 2.33. The van der Waals surface area contributed by atoms with E-state index in [9.17, 15) is 8.42 Å². The van der Waals surface area contributed by atoms with Crippen molar-refractivity contribution in [1.82, 2.24) is 0 Å². The highest BCUT2D eigenvalue weighted by Crippen LogP contribution is 2.25. The first kappa shape index (κ1) is 8.57. The van der Waals surface area contributed by atoms with E-state index in [-0.39, 0.29) is 5.75 Å². The van der Waals surface area contributed by atoms with E-state index in [4.69, 9.17) is 10.6 Å². The maximum absolute atomic E-state index is 10.9. The van der Waals surface area contributed by atoms with Crippen LogP contribution in [0.3, 0.4) is 0 Å². The van der Waals surface area contributed by atoms with Crippen molar-refractivity contribution < 1.29 is 12.6 Å². The average Bonchev–Trinajstić information content (AvgIpc) is 1.85. The molecule has 1 heterocycles. The molecule has 1 atom stereocenters. The smallest absolute Gasteiger partial charge is 0.251 e. The van der Waals surface area contributed by atoms with Crippen LogP contribution in [0.1, 0.15) is 19.8 Å². The summed E-state index contributed by atoms with van der Waals surface area (Å²) < 4.78 is 26.6. The fourth-order valence-electron chi connectivity index (χ4n) is 1.05. The molecular formula is C7H10O3S. The minimum Gasteiger partial charge on any atom is -0.251 e. The lowest BCUT2D eigenvalue weighted by Gasteiger charge is -2.27. The summed E-state index contributed by atoms with van der Waals surface area (Å²) in [5.74, 6) is 2.42. The third-order valence-electron chi connectivity index (χ3n) is 1.66. The van der Waals surface area contributed by atoms with Crippen molar-refractivity contribution in [2.45, 2.75) is 25.4 Å². The van der Waals surface area contributed by atoms with Crippen LogP contribution in [-0.2, 0) is 14.3 Å². The molecule has 11 heavy (non-hydrogen) atoms. The summed E-state index contributed by atoms with van der Waals surface area (Å²) in [6, 6.07) is 0. The van der Waals surface area contributed by atoms with Gasteiger partial charge in [0.15, 0.2) is 0 Å². The molecule has 62 valence electrons. The molecule has 1 rings (SSSR count). The summed E-state index contributed by atoms with van der Waals surface area (Å²) in [5, 5.41) is 0. The Labute approximate surface area is 66.9 Å². The second-order valence-electron chi connectivity index (χ2n) is 2.82. The van der Waals surface area contributed by atoms with Crippen molar-refractivity contribution in [2.75, 3.05) is 5.75 Å². The first-order chi connectivity index (χ1) is 4.97. The Morgan fingerprint density at radius 2 is 2.27 bits per heavy atom. The van der Waals surface area contributed by atoms with E-state index in [1.165, 1.54) is 0 Å². The molecule has 1 aliphatic rings. The van der Waals surface area contributed by atoms with Crippen molar-refractivity contribution in [3.05, 3.63) is 0 Å². The van der Waals surface area contributed by atoms with Crippen LogP contribution in [0.15, 0.2) is 0 Å². The molecule has 3 nitrogen and oxygen atoms in total. The summed E-state index contributed by atoms with van der Waals surface area (Å²) in [6.45, 7) is 1.61. The lowest BCUT2D eigenvalue weighted by Crippen LogP contribution is -2.36. The summed E-state index contributed by atoms with van der Waals surface area (Å²) in [5.41, 5.74) is -0.906. The lowest BCUT2D eigenvalue weighted by molar-refractivity contribution is 0.134. The number of terminal acetylenes is 1. The second-order valence-corrected chi connectivity index (χ2v) is 4.51. The predicted molar refractivity (Wildman–Crippen MR) is 41.3 cm³/mol. The van der Waals surface area contributed by atoms with Gasteiger partial charge >= 0.3 is 0 Å². The normalized spacial score (nSPS) is 36.0. The molecule has 0 radical (unpaired) electrons. The van der Waals surface area contributed by atoms with Crippen molar-refractivity contribution in [2.24, 2.45) is 0 Å². The van der Waals surface area contributed by atoms with E-state index >= 15 is 0 Å². The van der Waals surface area contributed by atoms with Crippen molar-refractivity contribution in [3.63, 3.8) is 0 Å². The SMILES string of the molecule is C#CC1(C)CCCS(=O)(=O)O1. The van der Waals surface area contributed by atoms with E-state index in [2.05, 4.69) is 5.92 Å². The van der Waals surface area contributed by atoms with E-state index < -0.39 is 15.7 Å². The summed E-state index contributed by atoms with van der Waals surface area (Å²) >= 11 is 0. The first-order valence-corrected chi connectivity index (χ1v) is 4.96. The van der Waals surface area contributed by atoms with Gasteiger partial charge in [-0.25, -0.2) is 0 Å². The Morgan fingerprint density at radius 1 is 1.64 bits per heavy atom. The van der Waals surface area contributed by atoms with E-state index in [0.29, 0.717) is 12.8 Å². The first-order valence-electron chi connectivity index (χ1n) is 3.39. The van der Waals surface area contributed by atoms with Gasteiger partial charge in [-0.1, -0.05) is 5.92 Å². The largest absolute Gasteiger partial charge is 0.268 e. The standard InChI is InChI=1S/C7H10O3S/c1-3-7(2)5-4-6-11(8,9)10-7/h1H,4-6H2,2H3. The molecule has 0 spiro atoms. The molecule has 0 amide bonds. The molecular weight excluding hydrogens is 164 g/mol. The zero-order valence-corrected chi connectivity index (χ0v) is 7.15. The van der Waals surface area contributed by atoms with Gasteiger partial charge in [0.05, 0.1) is 5.75 Å². The van der Waals surface area contributed by atoms with Gasteiger partial charge in [-0.2, -0.15) is 8.42 Å². The quantitative estimate of drug-likeness (QED) is 0.397. The summed E-state index contributed by atoms with van der Waals surface area (Å²) in [4.78, 5) is 0. The third kappa shape index (κ3) is 1.95. The molecule has 0 N–H and O–H groups in total. The molecule has 1 fully saturated rings. The molecule has 0 saturated carbocycles. The van der Waals surface area contributed by atoms with Crippen molar-refractivity contribution in [3.8, 4) is 12.3 Å². The Hall–Kier alpha value is -0.530. The molecule has 1 unspecified atom stereocenters. The number of hydrogen-bond donors (Lipinski definition) is 0. The van der Waals surface area contributed by atoms with Crippen LogP contribution in [0.2, 0.25) is 0 Å². The van der Waals surface area contributed by atoms with Crippen molar-refractivity contribution >= 4 is 10.1 Å². The molecule has 4 heteroatoms. The lowest BCUT2D eigenvalue weighted by atomic mass is 10.0. The fourth-order valence-corrected chi connectivity index (χ4v) is 2.32. The van der Waals surface area contributed by atoms with Crippen molar-refractivity contribution in [1.29, 1.82) is 0 Å². The zero-order valence-electron chi connectivity index (χ0n) is 6.33. The van der Waals surface area contributed by atoms with Gasteiger partial charge < -0.3 is 0 Å². The van der Waals surface area contributed by atoms with Gasteiger partial charge in [-0.3, -0.25) is 4.18 Å². The molecule has 0 aromatic carbocycles. The van der Waals surface area contributed by atoms with E-state index in [1.54, 1.807) is 6.92 Å². The maximum Gasteiger partial charge on any atom is 0.268 e. The van der Waals surface area contributed by atoms with Gasteiger partial charge in [-0.15, -0.1) is 6.42 Å². The predicted octanol–water partition coefficient (Wildman–Crippen LogP) is 0.518. The highest BCUT2D eigenvalue weighted by atomic mass is 32.2. The summed E-state index contributed by atoms with van der Waals surface area (Å²) in [6.07, 6.45) is 6.32. The van der Waals surface area contributed by atoms with Gasteiger partial charge in [-0.05, 0) is 19.8 Å². The highest BCUT2D eigenvalue weighted by molar-refractivity contribution is 7.86. The van der Waals surface area contributed by atoms with E-state index in [0.717, 1.165) is 0 Å². The fraction of sp³-hybridized carbons (Fsp3) is 0.714. The monoisotopic (exact) mass is 174 g/mol. The Kier molecular flexibility index (Phi) is 1.95. The minimum atomic E-state index is -3.34. The van der Waals surface area contributed by atoms with Crippen LogP contribution in [0.4, 0.5) is 0 Å². The Balaban J connectivity index is 2.86. The second kappa shape index (κ2) is 2.50. The van der Waals surface area contributed by atoms with Crippen LogP contribution in [0, 0.1) is 12.3 Å². The van der Waals surface area contributed by atoms with Gasteiger partial charge in [0.2, 0.25) is 0 Å². The molecule has 0 aromatic rings. The van der Waals surface area contributed by atoms with Gasteiger partial charge in [0.1, 0.15) is 5.60 Å². The molecule has 1 saturated heterocycles. The minimum absolute atomic E-state index is 0.0876. The topological polar surface area (TPSA) is 43.4 Å². The van der Waals surface area contributed by atoms with Crippen LogP contribution < -0.4 is 0 Å². The molecule has 0 aliphatic carbocycles. The summed E-state index contributed by atoms with van der Waals surface area (Å²) in [7, 11) is -3.34. The average molecular weight is 174 g/mol. The van der Waals surface area contributed by atoms with Crippen LogP contribution in [0.5, 0.6) is 0 Å². The molecule has 0 aromatic heterocycles. The van der Waals surface area contributed by atoms with Gasteiger partial charge in [0.25, 0.3) is 10.1 Å². The van der Waals surface area contributed by atoms with Crippen LogP contribution in [-0.4, -0.2) is 19.8 Å². The number of rotatable bonds is 0. The van der Waals surface area contributed by atoms with Gasteiger partial charge in [0, 0.05) is 0 Å². The van der Waals surface area contributed by atoms with Crippen LogP contribution >= 0.6 is 0 Å². The Bertz CT molecular complexity index is 285. The Morgan fingerprint density at radius 3 is 2.64 bits per heavy atom. The zero-order chi connectivity index (χ0) is 8.54. The number of hydrogen-bond acceptors (Lipinski definition) is 3. The third-order valence-corrected chi connectivity index (χ3v) is 3.07. The molecule has 0 bridgehead atoms. The molecule has 1 aliphatic heterocycles. The maximum atomic E-state index is 10.9. The van der Waals surface area contributed by atoms with E-state index in [1.807, 2.05) is 0 Å².